The van der Waals surface area contributed by atoms with Gasteiger partial charge in [0.15, 0.2) is 11.6 Å². The smallest absolute Gasteiger partial charge is 0.200 e. The number of hydrogen-bond donors (Lipinski definition) is 0. The van der Waals surface area contributed by atoms with Crippen LogP contribution in [0.3, 0.4) is 0 Å². The average Bonchev–Trinajstić information content (AvgIpc) is 2.83. The molecule has 0 aliphatic heterocycles. The largest absolute Gasteiger partial charge is 0.487 e. The van der Waals surface area contributed by atoms with Crippen LogP contribution in [0, 0.1) is 11.6 Å². The maximum Gasteiger partial charge on any atom is 0.200 e. The highest BCUT2D eigenvalue weighted by atomic mass is 19.2. The molecule has 0 spiro atoms. The van der Waals surface area contributed by atoms with Crippen LogP contribution in [0.25, 0.3) is 0 Å². The van der Waals surface area contributed by atoms with Crippen molar-refractivity contribution in [1.82, 2.24) is 0 Å². The summed E-state index contributed by atoms with van der Waals surface area (Å²) in [5, 5.41) is 0. The molecule has 64 valence electrons. The first-order valence-corrected chi connectivity index (χ1v) is 3.88. The van der Waals surface area contributed by atoms with Gasteiger partial charge in [-0.05, 0) is 25.0 Å². The van der Waals surface area contributed by atoms with Gasteiger partial charge in [0, 0.05) is 0 Å². The normalized spacial score (nSPS) is 16.2. The molecule has 0 amide bonds. The van der Waals surface area contributed by atoms with Gasteiger partial charge in [0.1, 0.15) is 0 Å². The summed E-state index contributed by atoms with van der Waals surface area (Å²) in [6.07, 6.45) is 1.98. The lowest BCUT2D eigenvalue weighted by Crippen LogP contribution is -1.99. The van der Waals surface area contributed by atoms with Gasteiger partial charge in [0.05, 0.1) is 6.10 Å². The van der Waals surface area contributed by atoms with Crippen LogP contribution in [0.15, 0.2) is 18.2 Å². The second-order valence-electron chi connectivity index (χ2n) is 2.87. The van der Waals surface area contributed by atoms with Gasteiger partial charge in [0.2, 0.25) is 5.82 Å². The quantitative estimate of drug-likeness (QED) is 0.662. The molecule has 0 unspecified atom stereocenters. The Morgan fingerprint density at radius 1 is 1.25 bits per heavy atom. The zero-order valence-electron chi connectivity index (χ0n) is 6.39. The Bertz CT molecular complexity index is 295. The lowest BCUT2D eigenvalue weighted by atomic mass is 10.3. The van der Waals surface area contributed by atoms with Gasteiger partial charge in [-0.25, -0.2) is 4.39 Å². The van der Waals surface area contributed by atoms with Crippen LogP contribution in [0.1, 0.15) is 12.8 Å². The number of hydrogen-bond acceptors (Lipinski definition) is 1. The highest BCUT2D eigenvalue weighted by Gasteiger charge is 2.25. The van der Waals surface area contributed by atoms with Crippen molar-refractivity contribution in [3.05, 3.63) is 29.8 Å². The summed E-state index contributed by atoms with van der Waals surface area (Å²) in [7, 11) is 0. The van der Waals surface area contributed by atoms with E-state index < -0.39 is 11.6 Å². The summed E-state index contributed by atoms with van der Waals surface area (Å²) >= 11 is 0. The van der Waals surface area contributed by atoms with E-state index in [0.717, 1.165) is 18.9 Å². The van der Waals surface area contributed by atoms with Crippen LogP contribution in [0.2, 0.25) is 0 Å². The molecular weight excluding hydrogens is 162 g/mol. The third kappa shape index (κ3) is 1.40. The SMILES string of the molecule is Fc1cccc(OC2CC2)c1F. The number of ether oxygens (including phenoxy) is 1. The summed E-state index contributed by atoms with van der Waals surface area (Å²) in [4.78, 5) is 0. The zero-order chi connectivity index (χ0) is 8.55. The lowest BCUT2D eigenvalue weighted by Gasteiger charge is -2.04. The fourth-order valence-corrected chi connectivity index (χ4v) is 0.940. The van der Waals surface area contributed by atoms with E-state index in [4.69, 9.17) is 4.74 Å². The minimum atomic E-state index is -0.885. The van der Waals surface area contributed by atoms with Crippen molar-refractivity contribution >= 4 is 0 Å². The second kappa shape index (κ2) is 2.73. The highest BCUT2D eigenvalue weighted by Crippen LogP contribution is 2.28. The molecule has 0 N–H and O–H groups in total. The Morgan fingerprint density at radius 2 is 2.00 bits per heavy atom. The predicted octanol–water partition coefficient (Wildman–Crippen LogP) is 2.51. The molecule has 1 nitrogen and oxygen atoms in total. The Kier molecular flexibility index (Phi) is 1.71. The molecule has 3 heteroatoms. The van der Waals surface area contributed by atoms with Gasteiger partial charge in [-0.2, -0.15) is 4.39 Å². The minimum Gasteiger partial charge on any atom is -0.487 e. The van der Waals surface area contributed by atoms with Crippen molar-refractivity contribution in [2.75, 3.05) is 0 Å². The Morgan fingerprint density at radius 3 is 2.67 bits per heavy atom. The Labute approximate surface area is 69.0 Å². The van der Waals surface area contributed by atoms with Crippen molar-refractivity contribution in [2.45, 2.75) is 18.9 Å². The first-order chi connectivity index (χ1) is 5.77. The molecule has 1 aromatic rings. The van der Waals surface area contributed by atoms with Crippen molar-refractivity contribution in [1.29, 1.82) is 0 Å². The van der Waals surface area contributed by atoms with Gasteiger partial charge < -0.3 is 4.74 Å². The van der Waals surface area contributed by atoms with E-state index in [2.05, 4.69) is 0 Å². The number of benzene rings is 1. The van der Waals surface area contributed by atoms with Gasteiger partial charge in [-0.3, -0.25) is 0 Å². The molecule has 0 heterocycles. The van der Waals surface area contributed by atoms with Crippen LogP contribution in [-0.2, 0) is 0 Å². The van der Waals surface area contributed by atoms with E-state index in [1.54, 1.807) is 0 Å². The summed E-state index contributed by atoms with van der Waals surface area (Å²) in [6.45, 7) is 0. The number of halogens is 2. The third-order valence-corrected chi connectivity index (χ3v) is 1.73. The van der Waals surface area contributed by atoms with Crippen LogP contribution in [0.4, 0.5) is 8.78 Å². The molecule has 2 rings (SSSR count). The number of rotatable bonds is 2. The molecule has 1 aromatic carbocycles. The molecule has 0 aromatic heterocycles. The molecule has 0 bridgehead atoms. The summed E-state index contributed by atoms with van der Waals surface area (Å²) in [5.41, 5.74) is 0. The topological polar surface area (TPSA) is 9.23 Å². The van der Waals surface area contributed by atoms with E-state index in [1.165, 1.54) is 12.1 Å². The standard InChI is InChI=1S/C9H8F2O/c10-7-2-1-3-8(9(7)11)12-6-4-5-6/h1-3,6H,4-5H2. The molecule has 1 fully saturated rings. The zero-order valence-corrected chi connectivity index (χ0v) is 6.39. The van der Waals surface area contributed by atoms with E-state index in [1.807, 2.05) is 0 Å². The van der Waals surface area contributed by atoms with E-state index in [-0.39, 0.29) is 11.9 Å². The Hall–Kier alpha value is -1.12. The fourth-order valence-electron chi connectivity index (χ4n) is 0.940. The van der Waals surface area contributed by atoms with Crippen LogP contribution < -0.4 is 4.74 Å². The predicted molar refractivity (Wildman–Crippen MR) is 40.0 cm³/mol. The van der Waals surface area contributed by atoms with Crippen LogP contribution >= 0.6 is 0 Å². The van der Waals surface area contributed by atoms with Gasteiger partial charge in [-0.15, -0.1) is 0 Å². The Balaban J connectivity index is 2.23. The van der Waals surface area contributed by atoms with Crippen LogP contribution in [-0.4, -0.2) is 6.10 Å². The maximum absolute atomic E-state index is 12.9. The highest BCUT2D eigenvalue weighted by molar-refractivity contribution is 5.25. The molecule has 1 aliphatic rings. The fraction of sp³-hybridized carbons (Fsp3) is 0.333. The van der Waals surface area contributed by atoms with Crippen molar-refractivity contribution < 1.29 is 13.5 Å². The van der Waals surface area contributed by atoms with E-state index in [0.29, 0.717) is 0 Å². The van der Waals surface area contributed by atoms with Gasteiger partial charge >= 0.3 is 0 Å². The maximum atomic E-state index is 12.9. The average molecular weight is 170 g/mol. The molecule has 0 radical (unpaired) electrons. The van der Waals surface area contributed by atoms with E-state index >= 15 is 0 Å². The van der Waals surface area contributed by atoms with Gasteiger partial charge in [-0.1, -0.05) is 6.07 Å². The minimum absolute atomic E-state index is 0.0255. The summed E-state index contributed by atoms with van der Waals surface area (Å²) in [6, 6.07) is 3.96. The molecule has 1 saturated carbocycles. The van der Waals surface area contributed by atoms with Crippen molar-refractivity contribution in [3.63, 3.8) is 0 Å². The molecule has 12 heavy (non-hydrogen) atoms. The van der Waals surface area contributed by atoms with Crippen molar-refractivity contribution in [2.24, 2.45) is 0 Å². The monoisotopic (exact) mass is 170 g/mol. The summed E-state index contributed by atoms with van der Waals surface area (Å²) in [5.74, 6) is -1.71. The third-order valence-electron chi connectivity index (χ3n) is 1.73. The molecule has 0 saturated heterocycles. The summed E-state index contributed by atoms with van der Waals surface area (Å²) < 4.78 is 30.6. The molecule has 0 atom stereocenters. The lowest BCUT2D eigenvalue weighted by molar-refractivity contribution is 0.282. The van der Waals surface area contributed by atoms with Crippen LogP contribution in [0.5, 0.6) is 5.75 Å². The molecule has 1 aliphatic carbocycles. The first kappa shape index (κ1) is 7.53. The molecular formula is C9H8F2O. The van der Waals surface area contributed by atoms with Gasteiger partial charge in [0.25, 0.3) is 0 Å². The second-order valence-corrected chi connectivity index (χ2v) is 2.87. The van der Waals surface area contributed by atoms with Crippen molar-refractivity contribution in [3.8, 4) is 5.75 Å². The first-order valence-electron chi connectivity index (χ1n) is 3.88. The van der Waals surface area contributed by atoms with E-state index in [9.17, 15) is 8.78 Å².